The van der Waals surface area contributed by atoms with Crippen LogP contribution in [0.15, 0.2) is 78.9 Å². The number of rotatable bonds is 5. The maximum Gasteiger partial charge on any atom is 0.433 e. The van der Waals surface area contributed by atoms with Gasteiger partial charge in [-0.1, -0.05) is 12.1 Å². The van der Waals surface area contributed by atoms with Crippen molar-refractivity contribution in [2.24, 2.45) is 0 Å². The van der Waals surface area contributed by atoms with E-state index in [2.05, 4.69) is 15.6 Å². The lowest BCUT2D eigenvalue weighted by atomic mass is 10.1. The molecule has 0 aliphatic carbocycles. The lowest BCUT2D eigenvalue weighted by molar-refractivity contribution is -0.140. The number of carbonyl (C=O) groups excluding carboxylic acids is 1. The number of nitrogens with one attached hydrogen (secondary N) is 2. The minimum Gasteiger partial charge on any atom is -0.497 e. The minimum absolute atomic E-state index is 0.230. The van der Waals surface area contributed by atoms with Gasteiger partial charge in [-0.2, -0.15) is 13.2 Å². The number of aromatic nitrogens is 1. The summed E-state index contributed by atoms with van der Waals surface area (Å²) in [4.78, 5) is 16.2. The maximum atomic E-state index is 13.0. The molecule has 0 aliphatic heterocycles. The highest BCUT2D eigenvalue weighted by Gasteiger charge is 2.32. The van der Waals surface area contributed by atoms with Gasteiger partial charge in [-0.15, -0.1) is 0 Å². The van der Waals surface area contributed by atoms with Crippen LogP contribution in [0.1, 0.15) is 16.1 Å². The molecule has 0 saturated heterocycles. The van der Waals surface area contributed by atoms with Crippen molar-refractivity contribution in [3.05, 3.63) is 90.1 Å². The van der Waals surface area contributed by atoms with Crippen molar-refractivity contribution < 1.29 is 22.7 Å². The Morgan fingerprint density at radius 2 is 1.62 bits per heavy atom. The highest BCUT2D eigenvalue weighted by molar-refractivity contribution is 6.04. The van der Waals surface area contributed by atoms with E-state index < -0.39 is 11.9 Å². The quantitative estimate of drug-likeness (QED) is 0.387. The first-order valence-corrected chi connectivity index (χ1v) is 9.63. The minimum atomic E-state index is -4.51. The first-order valence-electron chi connectivity index (χ1n) is 9.63. The van der Waals surface area contributed by atoms with Crippen molar-refractivity contribution >= 4 is 33.9 Å². The second-order valence-corrected chi connectivity index (χ2v) is 6.95. The highest BCUT2D eigenvalue weighted by atomic mass is 19.4. The summed E-state index contributed by atoms with van der Waals surface area (Å²) in [6.07, 6.45) is -4.51. The van der Waals surface area contributed by atoms with Crippen LogP contribution >= 0.6 is 0 Å². The Morgan fingerprint density at radius 3 is 2.34 bits per heavy atom. The predicted molar refractivity (Wildman–Crippen MR) is 117 cm³/mol. The second kappa shape index (κ2) is 8.58. The van der Waals surface area contributed by atoms with Gasteiger partial charge in [0.1, 0.15) is 11.4 Å². The summed E-state index contributed by atoms with van der Waals surface area (Å²) in [5, 5.41) is 6.56. The van der Waals surface area contributed by atoms with Gasteiger partial charge in [0.15, 0.2) is 0 Å². The zero-order valence-corrected chi connectivity index (χ0v) is 16.9. The molecule has 0 unspecified atom stereocenters. The fourth-order valence-electron chi connectivity index (χ4n) is 3.20. The summed E-state index contributed by atoms with van der Waals surface area (Å²) in [5.74, 6) is 0.374. The van der Waals surface area contributed by atoms with Gasteiger partial charge in [-0.05, 0) is 66.7 Å². The van der Waals surface area contributed by atoms with E-state index in [4.69, 9.17) is 4.74 Å². The first kappa shape index (κ1) is 21.2. The van der Waals surface area contributed by atoms with Gasteiger partial charge in [0, 0.05) is 28.0 Å². The summed E-state index contributed by atoms with van der Waals surface area (Å²) in [5.41, 5.74) is 1.59. The normalized spacial score (nSPS) is 11.2. The third kappa shape index (κ3) is 4.64. The van der Waals surface area contributed by atoms with Gasteiger partial charge < -0.3 is 15.4 Å². The van der Waals surface area contributed by atoms with Crippen molar-refractivity contribution in [2.45, 2.75) is 6.18 Å². The molecule has 4 rings (SSSR count). The van der Waals surface area contributed by atoms with Crippen molar-refractivity contribution in [3.8, 4) is 5.75 Å². The van der Waals surface area contributed by atoms with Gasteiger partial charge in [-0.3, -0.25) is 4.79 Å². The molecule has 4 aromatic rings. The van der Waals surface area contributed by atoms with E-state index in [-0.39, 0.29) is 11.4 Å². The molecule has 0 saturated carbocycles. The molecule has 8 heteroatoms. The number of pyridine rings is 1. The molecule has 0 radical (unpaired) electrons. The first-order chi connectivity index (χ1) is 15.3. The van der Waals surface area contributed by atoms with Crippen molar-refractivity contribution in [1.29, 1.82) is 0 Å². The Morgan fingerprint density at radius 1 is 0.906 bits per heavy atom. The van der Waals surface area contributed by atoms with Gasteiger partial charge in [0.05, 0.1) is 12.6 Å². The van der Waals surface area contributed by atoms with Crippen LogP contribution in [0.4, 0.5) is 30.2 Å². The fraction of sp³-hybridized carbons (Fsp3) is 0.0833. The van der Waals surface area contributed by atoms with Crippen LogP contribution in [0.3, 0.4) is 0 Å². The van der Waals surface area contributed by atoms with Gasteiger partial charge >= 0.3 is 6.18 Å². The number of methoxy groups -OCH3 is 1. The standard InChI is InChI=1S/C24H18F3N3O2/c1-32-18-10-8-15(9-11-18)23(31)29-17-5-2-4-16(14-17)28-20-6-3-7-21-19(20)12-13-22(30-21)24(25,26)27/h2-14,28H,1H3,(H,29,31). The topological polar surface area (TPSA) is 63.2 Å². The summed E-state index contributed by atoms with van der Waals surface area (Å²) in [6, 6.07) is 21.0. The number of alkyl halides is 3. The number of carbonyl (C=O) groups is 1. The van der Waals surface area contributed by atoms with Crippen LogP contribution in [0, 0.1) is 0 Å². The average molecular weight is 437 g/mol. The maximum absolute atomic E-state index is 13.0. The Labute approximate surface area is 181 Å². The zero-order chi connectivity index (χ0) is 22.7. The van der Waals surface area contributed by atoms with Gasteiger partial charge in [0.25, 0.3) is 5.91 Å². The lowest BCUT2D eigenvalue weighted by Gasteiger charge is -2.13. The molecule has 32 heavy (non-hydrogen) atoms. The smallest absolute Gasteiger partial charge is 0.433 e. The molecule has 1 amide bonds. The van der Waals surface area contributed by atoms with Gasteiger partial charge in [0.2, 0.25) is 0 Å². The predicted octanol–water partition coefficient (Wildman–Crippen LogP) is 6.26. The van der Waals surface area contributed by atoms with E-state index in [1.807, 2.05) is 0 Å². The third-order valence-electron chi connectivity index (χ3n) is 4.77. The summed E-state index contributed by atoms with van der Waals surface area (Å²) >= 11 is 0. The van der Waals surface area contributed by atoms with Crippen LogP contribution in [0.5, 0.6) is 5.75 Å². The SMILES string of the molecule is COc1ccc(C(=O)Nc2cccc(Nc3cccc4nc(C(F)(F)F)ccc34)c2)cc1. The molecule has 2 N–H and O–H groups in total. The molecule has 0 fully saturated rings. The molecule has 162 valence electrons. The molecule has 3 aromatic carbocycles. The van der Waals surface area contributed by atoms with E-state index in [1.54, 1.807) is 67.8 Å². The number of nitrogens with zero attached hydrogens (tertiary/aromatic N) is 1. The molecular weight excluding hydrogens is 419 g/mol. The van der Waals surface area contributed by atoms with Crippen LogP contribution in [-0.2, 0) is 6.18 Å². The van der Waals surface area contributed by atoms with Crippen LogP contribution in [-0.4, -0.2) is 18.0 Å². The Balaban J connectivity index is 1.55. The second-order valence-electron chi connectivity index (χ2n) is 6.95. The number of amides is 1. The molecule has 1 heterocycles. The van der Waals surface area contributed by atoms with E-state index in [1.165, 1.54) is 12.1 Å². The number of hydrogen-bond acceptors (Lipinski definition) is 4. The van der Waals surface area contributed by atoms with E-state index >= 15 is 0 Å². The van der Waals surface area contributed by atoms with Crippen LogP contribution in [0.2, 0.25) is 0 Å². The number of hydrogen-bond donors (Lipinski definition) is 2. The molecule has 0 bridgehead atoms. The molecule has 0 aliphatic rings. The van der Waals surface area contributed by atoms with Crippen LogP contribution < -0.4 is 15.4 Å². The summed E-state index contributed by atoms with van der Waals surface area (Å²) in [6.45, 7) is 0. The fourth-order valence-corrected chi connectivity index (χ4v) is 3.20. The molecular formula is C24H18F3N3O2. The summed E-state index contributed by atoms with van der Waals surface area (Å²) in [7, 11) is 1.55. The monoisotopic (exact) mass is 437 g/mol. The number of benzene rings is 3. The van der Waals surface area contributed by atoms with Crippen LogP contribution in [0.25, 0.3) is 10.9 Å². The number of halogens is 3. The van der Waals surface area contributed by atoms with E-state index in [0.29, 0.717) is 33.8 Å². The molecule has 1 aromatic heterocycles. The van der Waals surface area contributed by atoms with Crippen molar-refractivity contribution in [1.82, 2.24) is 4.98 Å². The highest BCUT2D eigenvalue weighted by Crippen LogP contribution is 2.32. The molecule has 0 spiro atoms. The number of anilines is 3. The van der Waals surface area contributed by atoms with E-state index in [0.717, 1.165) is 6.07 Å². The third-order valence-corrected chi connectivity index (χ3v) is 4.77. The van der Waals surface area contributed by atoms with E-state index in [9.17, 15) is 18.0 Å². The van der Waals surface area contributed by atoms with Crippen molar-refractivity contribution in [3.63, 3.8) is 0 Å². The molecule has 0 atom stereocenters. The largest absolute Gasteiger partial charge is 0.497 e. The Hall–Kier alpha value is -4.07. The number of ether oxygens (including phenoxy) is 1. The average Bonchev–Trinajstić information content (AvgIpc) is 2.78. The Kier molecular flexibility index (Phi) is 5.68. The number of fused-ring (bicyclic) bond motifs is 1. The zero-order valence-electron chi connectivity index (χ0n) is 16.9. The summed E-state index contributed by atoms with van der Waals surface area (Å²) < 4.78 is 44.0. The van der Waals surface area contributed by atoms with Gasteiger partial charge in [-0.25, -0.2) is 4.98 Å². The van der Waals surface area contributed by atoms with Crippen molar-refractivity contribution in [2.75, 3.05) is 17.7 Å². The lowest BCUT2D eigenvalue weighted by Crippen LogP contribution is -2.11. The molecule has 5 nitrogen and oxygen atoms in total. The Bertz CT molecular complexity index is 1270.